The second kappa shape index (κ2) is 5.33. The maximum atomic E-state index is 11.1. The maximum Gasteiger partial charge on any atom is 0.308 e. The molecule has 1 saturated carbocycles. The Bertz CT molecular complexity index is 272. The summed E-state index contributed by atoms with van der Waals surface area (Å²) in [5, 5.41) is 9.86. The van der Waals surface area contributed by atoms with Crippen molar-refractivity contribution in [2.75, 3.05) is 13.7 Å². The van der Waals surface area contributed by atoms with Crippen molar-refractivity contribution in [1.82, 2.24) is 0 Å². The number of aliphatic hydroxyl groups is 1. The molecular weight excluding hydrogens is 224 g/mol. The zero-order chi connectivity index (χ0) is 12.3. The molecule has 1 N–H and O–H groups in total. The van der Waals surface area contributed by atoms with E-state index in [9.17, 15) is 9.90 Å². The smallest absolute Gasteiger partial charge is 0.308 e. The molecule has 0 amide bonds. The van der Waals surface area contributed by atoms with Crippen LogP contribution in [0.4, 0.5) is 0 Å². The molecule has 2 atom stereocenters. The van der Waals surface area contributed by atoms with Crippen LogP contribution in [-0.2, 0) is 19.0 Å². The average Bonchev–Trinajstić information content (AvgIpc) is 2.74. The summed E-state index contributed by atoms with van der Waals surface area (Å²) < 4.78 is 16.0. The molecule has 1 aliphatic carbocycles. The van der Waals surface area contributed by atoms with Crippen molar-refractivity contribution >= 4 is 5.97 Å². The van der Waals surface area contributed by atoms with E-state index in [1.807, 2.05) is 0 Å². The second-order valence-electron chi connectivity index (χ2n) is 4.79. The molecule has 0 unspecified atom stereocenters. The zero-order valence-corrected chi connectivity index (χ0v) is 10.2. The molecular formula is C12H20O5. The Kier molecular flexibility index (Phi) is 4.01. The number of carbonyl (C=O) groups excluding carboxylic acids is 1. The third-order valence-electron chi connectivity index (χ3n) is 3.52. The van der Waals surface area contributed by atoms with Gasteiger partial charge in [-0.2, -0.15) is 0 Å². The predicted octanol–water partition coefficient (Wildman–Crippen LogP) is 0.986. The minimum atomic E-state index is -0.844. The summed E-state index contributed by atoms with van der Waals surface area (Å²) in [6, 6.07) is 0. The molecule has 5 heteroatoms. The quantitative estimate of drug-likeness (QED) is 0.750. The van der Waals surface area contributed by atoms with Crippen LogP contribution in [0.2, 0.25) is 0 Å². The summed E-state index contributed by atoms with van der Waals surface area (Å²) in [6.07, 6.45) is 3.88. The van der Waals surface area contributed by atoms with Gasteiger partial charge in [0.2, 0.25) is 0 Å². The minimum Gasteiger partial charge on any atom is -0.469 e. The number of hydrogen-bond donors (Lipinski definition) is 1. The summed E-state index contributed by atoms with van der Waals surface area (Å²) in [5.41, 5.74) is 0. The lowest BCUT2D eigenvalue weighted by Crippen LogP contribution is -2.36. The lowest BCUT2D eigenvalue weighted by atomic mass is 9.94. The van der Waals surface area contributed by atoms with E-state index in [4.69, 9.17) is 9.47 Å². The molecule has 0 bridgehead atoms. The van der Waals surface area contributed by atoms with E-state index in [-0.39, 0.29) is 6.42 Å². The highest BCUT2D eigenvalue weighted by atomic mass is 16.7. The van der Waals surface area contributed by atoms with Crippen LogP contribution in [0.25, 0.3) is 0 Å². The van der Waals surface area contributed by atoms with Gasteiger partial charge >= 0.3 is 5.97 Å². The first-order valence-corrected chi connectivity index (χ1v) is 6.22. The Morgan fingerprint density at radius 2 is 2.18 bits per heavy atom. The molecule has 0 aromatic carbocycles. The van der Waals surface area contributed by atoms with Crippen molar-refractivity contribution in [2.24, 2.45) is 0 Å². The number of ether oxygens (including phenoxy) is 3. The highest BCUT2D eigenvalue weighted by Crippen LogP contribution is 2.38. The summed E-state index contributed by atoms with van der Waals surface area (Å²) in [5.74, 6) is -0.925. The highest BCUT2D eigenvalue weighted by molar-refractivity contribution is 5.69. The van der Waals surface area contributed by atoms with Gasteiger partial charge in [0, 0.05) is 12.8 Å². The van der Waals surface area contributed by atoms with Crippen LogP contribution in [0.1, 0.15) is 38.5 Å². The van der Waals surface area contributed by atoms with Crippen LogP contribution in [0.3, 0.4) is 0 Å². The Morgan fingerprint density at radius 1 is 1.47 bits per heavy atom. The Labute approximate surface area is 101 Å². The van der Waals surface area contributed by atoms with Crippen LogP contribution in [0.15, 0.2) is 0 Å². The molecule has 1 saturated heterocycles. The number of rotatable bonds is 3. The van der Waals surface area contributed by atoms with E-state index in [1.165, 1.54) is 13.5 Å². The lowest BCUT2D eigenvalue weighted by Gasteiger charge is -2.32. The lowest BCUT2D eigenvalue weighted by molar-refractivity contribution is -0.196. The van der Waals surface area contributed by atoms with Crippen LogP contribution >= 0.6 is 0 Å². The van der Waals surface area contributed by atoms with Crippen LogP contribution in [0.5, 0.6) is 0 Å². The Balaban J connectivity index is 1.86. The van der Waals surface area contributed by atoms with Gasteiger partial charge in [0.1, 0.15) is 6.10 Å². The van der Waals surface area contributed by atoms with E-state index >= 15 is 0 Å². The van der Waals surface area contributed by atoms with Crippen LogP contribution in [-0.4, -0.2) is 42.8 Å². The molecule has 2 aliphatic rings. The molecule has 0 aromatic heterocycles. The number of methoxy groups -OCH3 is 1. The van der Waals surface area contributed by atoms with Gasteiger partial charge < -0.3 is 19.3 Å². The molecule has 98 valence electrons. The first-order chi connectivity index (χ1) is 8.15. The second-order valence-corrected chi connectivity index (χ2v) is 4.79. The summed E-state index contributed by atoms with van der Waals surface area (Å²) in [6.45, 7) is 0.359. The van der Waals surface area contributed by atoms with Gasteiger partial charge in [0.25, 0.3) is 0 Å². The molecule has 5 nitrogen and oxygen atoms in total. The molecule has 1 spiro atoms. The third-order valence-corrected chi connectivity index (χ3v) is 3.52. The number of hydrogen-bond acceptors (Lipinski definition) is 5. The average molecular weight is 244 g/mol. The zero-order valence-electron chi connectivity index (χ0n) is 10.2. The maximum absolute atomic E-state index is 11.1. The number of esters is 1. The first-order valence-electron chi connectivity index (χ1n) is 6.22. The van der Waals surface area contributed by atoms with Gasteiger partial charge in [-0.1, -0.05) is 6.42 Å². The number of aliphatic hydroxyl groups excluding tert-OH is 1. The number of carbonyl (C=O) groups is 1. The standard InChI is InChI=1S/C12H20O5/c1-15-11(14)7-9(13)10-8-16-12(17-10)5-3-2-4-6-12/h9-10,13H,2-8H2,1H3/t9-,10+/m0/s1. The summed E-state index contributed by atoms with van der Waals surface area (Å²) >= 11 is 0. The molecule has 0 aromatic rings. The van der Waals surface area contributed by atoms with Crippen LogP contribution < -0.4 is 0 Å². The molecule has 1 aliphatic heterocycles. The minimum absolute atomic E-state index is 0.0411. The third kappa shape index (κ3) is 2.97. The molecule has 17 heavy (non-hydrogen) atoms. The predicted molar refractivity (Wildman–Crippen MR) is 59.3 cm³/mol. The molecule has 2 fully saturated rings. The fourth-order valence-electron chi connectivity index (χ4n) is 2.51. The van der Waals surface area contributed by atoms with Crippen molar-refractivity contribution in [3.05, 3.63) is 0 Å². The fraction of sp³-hybridized carbons (Fsp3) is 0.917. The van der Waals surface area contributed by atoms with Crippen LogP contribution in [0, 0.1) is 0 Å². The van der Waals surface area contributed by atoms with E-state index in [0.717, 1.165) is 25.7 Å². The highest BCUT2D eigenvalue weighted by Gasteiger charge is 2.44. The van der Waals surface area contributed by atoms with Crippen molar-refractivity contribution in [1.29, 1.82) is 0 Å². The van der Waals surface area contributed by atoms with E-state index in [1.54, 1.807) is 0 Å². The topological polar surface area (TPSA) is 65.0 Å². The van der Waals surface area contributed by atoms with Crippen molar-refractivity contribution in [3.63, 3.8) is 0 Å². The monoisotopic (exact) mass is 244 g/mol. The van der Waals surface area contributed by atoms with Crippen molar-refractivity contribution < 1.29 is 24.1 Å². The molecule has 0 radical (unpaired) electrons. The summed E-state index contributed by atoms with van der Waals surface area (Å²) in [4.78, 5) is 11.1. The van der Waals surface area contributed by atoms with Gasteiger partial charge in [-0.3, -0.25) is 4.79 Å². The van der Waals surface area contributed by atoms with E-state index in [2.05, 4.69) is 4.74 Å². The Hall–Kier alpha value is -0.650. The van der Waals surface area contributed by atoms with Crippen molar-refractivity contribution in [3.8, 4) is 0 Å². The largest absolute Gasteiger partial charge is 0.469 e. The van der Waals surface area contributed by atoms with Gasteiger partial charge in [-0.15, -0.1) is 0 Å². The van der Waals surface area contributed by atoms with Crippen molar-refractivity contribution in [2.45, 2.75) is 56.5 Å². The SMILES string of the molecule is COC(=O)C[C@H](O)[C@H]1COC2(CCCCC2)O1. The van der Waals surface area contributed by atoms with E-state index < -0.39 is 24.0 Å². The van der Waals surface area contributed by atoms with Gasteiger partial charge in [0.05, 0.1) is 26.2 Å². The van der Waals surface area contributed by atoms with Gasteiger partial charge in [-0.05, 0) is 12.8 Å². The van der Waals surface area contributed by atoms with E-state index in [0.29, 0.717) is 6.61 Å². The fourth-order valence-corrected chi connectivity index (χ4v) is 2.51. The summed E-state index contributed by atoms with van der Waals surface area (Å²) in [7, 11) is 1.31. The van der Waals surface area contributed by atoms with Gasteiger partial charge in [-0.25, -0.2) is 0 Å². The normalized spacial score (nSPS) is 29.2. The first kappa shape index (κ1) is 12.8. The molecule has 1 heterocycles. The van der Waals surface area contributed by atoms with Gasteiger partial charge in [0.15, 0.2) is 5.79 Å². The Morgan fingerprint density at radius 3 is 2.82 bits per heavy atom. The molecule has 2 rings (SSSR count).